The van der Waals surface area contributed by atoms with Crippen molar-refractivity contribution < 1.29 is 37.9 Å². The molecule has 3 aromatic rings. The van der Waals surface area contributed by atoms with E-state index in [1.165, 1.54) is 56.4 Å². The topological polar surface area (TPSA) is 178 Å². The third kappa shape index (κ3) is 6.64. The van der Waals surface area contributed by atoms with Crippen LogP contribution in [0.15, 0.2) is 51.8 Å². The molecule has 0 radical (unpaired) electrons. The van der Waals surface area contributed by atoms with Gasteiger partial charge in [0.25, 0.3) is 17.7 Å². The number of likely N-dealkylation sites (N-methyl/N-ethyl adjacent to an activating group) is 2. The maximum absolute atomic E-state index is 14.5. The lowest BCUT2D eigenvalue weighted by Gasteiger charge is -2.34. The van der Waals surface area contributed by atoms with Crippen molar-refractivity contribution in [2.45, 2.75) is 12.2 Å². The molecule has 0 aliphatic carbocycles. The van der Waals surface area contributed by atoms with E-state index in [2.05, 4.69) is 20.0 Å². The van der Waals surface area contributed by atoms with Crippen LogP contribution in [0.5, 0.6) is 0 Å². The van der Waals surface area contributed by atoms with Crippen LogP contribution in [0, 0.1) is 5.82 Å². The lowest BCUT2D eigenvalue weighted by molar-refractivity contribution is -0.150. The Labute approximate surface area is 232 Å². The molecule has 1 aliphatic rings. The van der Waals surface area contributed by atoms with Crippen LogP contribution >= 0.6 is 0 Å². The summed E-state index contributed by atoms with van der Waals surface area (Å²) in [4.78, 5) is 67.9. The molecule has 216 valence electrons. The first-order valence-corrected chi connectivity index (χ1v) is 12.3. The molecule has 1 saturated heterocycles. The van der Waals surface area contributed by atoms with E-state index < -0.39 is 41.5 Å². The molecule has 4 rings (SSSR count). The van der Waals surface area contributed by atoms with E-state index in [0.29, 0.717) is 5.56 Å². The molecule has 14 nitrogen and oxygen atoms in total. The largest absolute Gasteiger partial charge is 0.439 e. The Morgan fingerprint density at radius 2 is 1.88 bits per heavy atom. The highest BCUT2D eigenvalue weighted by Gasteiger charge is 2.39. The summed E-state index contributed by atoms with van der Waals surface area (Å²) in [6, 6.07) is 9.36. The summed E-state index contributed by atoms with van der Waals surface area (Å²) in [7, 11) is 4.47. The summed E-state index contributed by atoms with van der Waals surface area (Å²) in [5.74, 6) is -4.07. The van der Waals surface area contributed by atoms with Gasteiger partial charge in [-0.05, 0) is 42.5 Å². The number of carbonyl (C=O) groups excluding carboxylic acids is 4. The minimum atomic E-state index is -1.92. The first-order chi connectivity index (χ1) is 19.4. The summed E-state index contributed by atoms with van der Waals surface area (Å²) >= 11 is 0. The van der Waals surface area contributed by atoms with E-state index in [9.17, 15) is 33.5 Å². The fraction of sp³-hybridized carbons (Fsp3) is 0.308. The van der Waals surface area contributed by atoms with Gasteiger partial charge in [0.05, 0.1) is 13.2 Å². The van der Waals surface area contributed by atoms with E-state index in [0.717, 1.165) is 21.9 Å². The monoisotopic (exact) mass is 570 g/mol. The summed E-state index contributed by atoms with van der Waals surface area (Å²) in [6.07, 6.45) is -3.53. The molecule has 2 aromatic carbocycles. The summed E-state index contributed by atoms with van der Waals surface area (Å²) < 4.78 is 24.4. The van der Waals surface area contributed by atoms with Crippen molar-refractivity contribution >= 4 is 35.0 Å². The number of benzene rings is 2. The summed E-state index contributed by atoms with van der Waals surface area (Å²) in [5, 5.41) is 16.7. The molecule has 1 aliphatic heterocycles. The number of carbonyl (C=O) groups is 4. The minimum Gasteiger partial charge on any atom is -0.380 e. The van der Waals surface area contributed by atoms with Crippen LogP contribution in [0.3, 0.4) is 0 Å². The van der Waals surface area contributed by atoms with E-state index >= 15 is 0 Å². The first kappa shape index (κ1) is 29.1. The van der Waals surface area contributed by atoms with Gasteiger partial charge in [0, 0.05) is 50.2 Å². The third-order valence-corrected chi connectivity index (χ3v) is 6.20. The Morgan fingerprint density at radius 3 is 2.51 bits per heavy atom. The minimum absolute atomic E-state index is 0.0214. The van der Waals surface area contributed by atoms with Crippen molar-refractivity contribution in [3.05, 3.63) is 64.4 Å². The van der Waals surface area contributed by atoms with Gasteiger partial charge in [-0.2, -0.15) is 0 Å². The number of hydrogen-bond donors (Lipinski definition) is 3. The fourth-order valence-electron chi connectivity index (χ4n) is 4.00. The molecule has 1 fully saturated rings. The van der Waals surface area contributed by atoms with Crippen LogP contribution in [-0.4, -0.2) is 102 Å². The summed E-state index contributed by atoms with van der Waals surface area (Å²) in [6.45, 7) is -0.344. The molecule has 4 amide bonds. The highest BCUT2D eigenvalue weighted by atomic mass is 19.1. The van der Waals surface area contributed by atoms with Crippen LogP contribution in [0.25, 0.3) is 11.4 Å². The van der Waals surface area contributed by atoms with Crippen molar-refractivity contribution in [1.29, 1.82) is 0 Å². The Morgan fingerprint density at radius 1 is 1.17 bits per heavy atom. The number of aromatic amines is 1. The van der Waals surface area contributed by atoms with Gasteiger partial charge >= 0.3 is 5.76 Å². The van der Waals surface area contributed by atoms with Crippen LogP contribution < -0.4 is 16.0 Å². The molecule has 3 N–H and O–H groups in total. The molecular weight excluding hydrogens is 543 g/mol. The molecular formula is C26H27FN6O8. The average molecular weight is 571 g/mol. The number of amides is 4. The van der Waals surface area contributed by atoms with Gasteiger partial charge in [-0.1, -0.05) is 5.16 Å². The number of ether oxygens (including phenoxy) is 1. The number of rotatable bonds is 8. The second kappa shape index (κ2) is 12.1. The lowest BCUT2D eigenvalue weighted by atomic mass is 10.1. The SMILES string of the molecule is CN(C)C(=O)CN(C)C(=O)c1cc(F)cc(N2CCO[C@H]([C@@H](O)C(=O)Nc3ccc(-c4noc(=O)[nH]4)cc3)C2=O)c1. The number of halogens is 1. The second-order valence-corrected chi connectivity index (χ2v) is 9.38. The summed E-state index contributed by atoms with van der Waals surface area (Å²) in [5.41, 5.74) is 0.697. The van der Waals surface area contributed by atoms with Gasteiger partial charge in [-0.15, -0.1) is 0 Å². The molecule has 1 aromatic heterocycles. The highest BCUT2D eigenvalue weighted by Crippen LogP contribution is 2.25. The Balaban J connectivity index is 1.45. The van der Waals surface area contributed by atoms with Crippen molar-refractivity contribution in [2.24, 2.45) is 0 Å². The maximum atomic E-state index is 14.5. The van der Waals surface area contributed by atoms with Gasteiger partial charge in [0.15, 0.2) is 18.0 Å². The van der Waals surface area contributed by atoms with E-state index in [1.54, 1.807) is 0 Å². The smallest absolute Gasteiger partial charge is 0.380 e. The van der Waals surface area contributed by atoms with Crippen molar-refractivity contribution in [3.63, 3.8) is 0 Å². The van der Waals surface area contributed by atoms with Crippen molar-refractivity contribution in [1.82, 2.24) is 19.9 Å². The number of anilines is 2. The molecule has 0 saturated carbocycles. The van der Waals surface area contributed by atoms with Crippen LogP contribution in [0.4, 0.5) is 15.8 Å². The van der Waals surface area contributed by atoms with Gasteiger partial charge < -0.3 is 29.9 Å². The van der Waals surface area contributed by atoms with E-state index in [1.807, 2.05) is 0 Å². The predicted octanol–water partition coefficient (Wildman–Crippen LogP) is 0.0606. The number of hydrogen-bond acceptors (Lipinski definition) is 9. The number of nitrogens with zero attached hydrogens (tertiary/aromatic N) is 4. The quantitative estimate of drug-likeness (QED) is 0.338. The van der Waals surface area contributed by atoms with Crippen LogP contribution in [-0.2, 0) is 19.1 Å². The lowest BCUT2D eigenvalue weighted by Crippen LogP contribution is -2.55. The van der Waals surface area contributed by atoms with Gasteiger partial charge in [0.2, 0.25) is 5.91 Å². The molecule has 2 atom stereocenters. The van der Waals surface area contributed by atoms with Crippen molar-refractivity contribution in [2.75, 3.05) is 51.1 Å². The molecule has 2 heterocycles. The average Bonchev–Trinajstić information content (AvgIpc) is 3.38. The van der Waals surface area contributed by atoms with Gasteiger partial charge in [-0.3, -0.25) is 28.7 Å². The second-order valence-electron chi connectivity index (χ2n) is 9.38. The molecule has 0 unspecified atom stereocenters. The zero-order valence-corrected chi connectivity index (χ0v) is 22.3. The van der Waals surface area contributed by atoms with E-state index in [-0.39, 0.29) is 48.4 Å². The number of aromatic nitrogens is 2. The van der Waals surface area contributed by atoms with E-state index in [4.69, 9.17) is 4.74 Å². The normalized spacial score (nSPS) is 15.8. The van der Waals surface area contributed by atoms with Crippen molar-refractivity contribution in [3.8, 4) is 11.4 Å². The van der Waals surface area contributed by atoms with Crippen LogP contribution in [0.1, 0.15) is 10.4 Å². The predicted molar refractivity (Wildman–Crippen MR) is 141 cm³/mol. The molecule has 15 heteroatoms. The molecule has 41 heavy (non-hydrogen) atoms. The zero-order valence-electron chi connectivity index (χ0n) is 22.3. The number of nitrogens with one attached hydrogen (secondary N) is 2. The fourth-order valence-corrected chi connectivity index (χ4v) is 4.00. The number of aliphatic hydroxyl groups excluding tert-OH is 1. The van der Waals surface area contributed by atoms with Gasteiger partial charge in [0.1, 0.15) is 5.82 Å². The molecule has 0 bridgehead atoms. The number of morpholine rings is 1. The highest BCUT2D eigenvalue weighted by molar-refractivity contribution is 6.05. The number of H-pyrrole nitrogens is 1. The zero-order chi connectivity index (χ0) is 29.8. The Hall–Kier alpha value is -4.89. The Bertz CT molecular complexity index is 1520. The third-order valence-electron chi connectivity index (χ3n) is 6.20. The standard InChI is InChI=1S/C26H27FN6O8/c1-31(2)19(34)13-32(3)24(37)15-10-16(27)12-18(11-15)33-8-9-40-21(25(33)38)20(35)23(36)28-17-6-4-14(5-7-17)22-29-26(39)41-30-22/h4-7,10-12,20-21,35H,8-9,13H2,1-3H3,(H,28,36)(H,29,30,39)/t20-,21-/m1/s1. The van der Waals surface area contributed by atoms with Crippen LogP contribution in [0.2, 0.25) is 0 Å². The van der Waals surface area contributed by atoms with Gasteiger partial charge in [-0.25, -0.2) is 9.18 Å². The molecule has 0 spiro atoms. The first-order valence-electron chi connectivity index (χ1n) is 12.3. The maximum Gasteiger partial charge on any atom is 0.439 e. The Kier molecular flexibility index (Phi) is 8.59. The number of aliphatic hydroxyl groups is 1.